The Kier molecular flexibility index (Phi) is 3.43. The number of anilines is 1. The molecule has 1 aliphatic heterocycles. The molecule has 0 bridgehead atoms. The fourth-order valence-corrected chi connectivity index (χ4v) is 2.42. The van der Waals surface area contributed by atoms with Crippen molar-refractivity contribution in [1.82, 2.24) is 0 Å². The zero-order valence-corrected chi connectivity index (χ0v) is 10.4. The van der Waals surface area contributed by atoms with Gasteiger partial charge in [-0.25, -0.2) is 0 Å². The van der Waals surface area contributed by atoms with Crippen LogP contribution in [0.15, 0.2) is 18.2 Å². The van der Waals surface area contributed by atoms with E-state index in [2.05, 4.69) is 0 Å². The Balaban J connectivity index is 2.56. The summed E-state index contributed by atoms with van der Waals surface area (Å²) < 4.78 is 38.2. The molecule has 0 fully saturated rings. The van der Waals surface area contributed by atoms with Crippen molar-refractivity contribution in [2.45, 2.75) is 24.9 Å². The number of rotatable bonds is 1. The Morgan fingerprint density at radius 2 is 2.11 bits per heavy atom. The van der Waals surface area contributed by atoms with Crippen LogP contribution < -0.4 is 4.90 Å². The van der Waals surface area contributed by atoms with Gasteiger partial charge in [0.05, 0.1) is 11.5 Å². The van der Waals surface area contributed by atoms with Crippen LogP contribution in [-0.4, -0.2) is 24.7 Å². The predicted octanol–water partition coefficient (Wildman–Crippen LogP) is 3.10. The molecule has 2 rings (SSSR count). The second-order valence-corrected chi connectivity index (χ2v) is 4.73. The van der Waals surface area contributed by atoms with Gasteiger partial charge in [0.15, 0.2) is 0 Å². The first-order valence-electron chi connectivity index (χ1n) is 5.96. The normalized spacial score (nSPS) is 19.8. The Hall–Kier alpha value is -1.72. The van der Waals surface area contributed by atoms with Gasteiger partial charge in [-0.1, -0.05) is 0 Å². The van der Waals surface area contributed by atoms with E-state index in [1.54, 1.807) is 11.9 Å². The summed E-state index contributed by atoms with van der Waals surface area (Å²) in [5.74, 6) is -1.95. The molecule has 0 aromatic heterocycles. The highest BCUT2D eigenvalue weighted by atomic mass is 19.4. The molecule has 3 nitrogen and oxygen atoms in total. The van der Waals surface area contributed by atoms with Crippen LogP contribution in [0.5, 0.6) is 0 Å². The smallest absolute Gasteiger partial charge is 0.416 e. The molecule has 1 atom stereocenters. The molecule has 104 valence electrons. The largest absolute Gasteiger partial charge is 0.481 e. The Morgan fingerprint density at radius 1 is 1.42 bits per heavy atom. The highest BCUT2D eigenvalue weighted by molar-refractivity contribution is 5.79. The van der Waals surface area contributed by atoms with Crippen molar-refractivity contribution in [2.75, 3.05) is 18.5 Å². The SMILES string of the molecule is CN1CCCC(C(=O)O)c2cc(C(F)(F)F)ccc21. The third kappa shape index (κ3) is 2.67. The fourth-order valence-electron chi connectivity index (χ4n) is 2.42. The van der Waals surface area contributed by atoms with E-state index in [4.69, 9.17) is 0 Å². The van der Waals surface area contributed by atoms with Crippen LogP contribution >= 0.6 is 0 Å². The van der Waals surface area contributed by atoms with Gasteiger partial charge in [-0.2, -0.15) is 13.2 Å². The van der Waals surface area contributed by atoms with Gasteiger partial charge in [0, 0.05) is 19.3 Å². The van der Waals surface area contributed by atoms with Crippen LogP contribution in [0.4, 0.5) is 18.9 Å². The molecule has 0 radical (unpaired) electrons. The number of hydrogen-bond acceptors (Lipinski definition) is 2. The summed E-state index contributed by atoms with van der Waals surface area (Å²) in [5, 5.41) is 9.19. The van der Waals surface area contributed by atoms with Crippen LogP contribution in [0.1, 0.15) is 29.9 Å². The van der Waals surface area contributed by atoms with Gasteiger partial charge in [0.25, 0.3) is 0 Å². The van der Waals surface area contributed by atoms with Gasteiger partial charge in [0.2, 0.25) is 0 Å². The molecule has 6 heteroatoms. The zero-order valence-electron chi connectivity index (χ0n) is 10.4. The van der Waals surface area contributed by atoms with Crippen molar-refractivity contribution in [3.8, 4) is 0 Å². The lowest BCUT2D eigenvalue weighted by Gasteiger charge is -2.21. The maximum absolute atomic E-state index is 12.7. The lowest BCUT2D eigenvalue weighted by Crippen LogP contribution is -2.19. The number of carboxylic acids is 1. The minimum absolute atomic E-state index is 0.252. The van der Waals surface area contributed by atoms with E-state index in [0.717, 1.165) is 12.1 Å². The summed E-state index contributed by atoms with van der Waals surface area (Å²) in [6.07, 6.45) is -3.46. The van der Waals surface area contributed by atoms with Crippen LogP contribution in [0.2, 0.25) is 0 Å². The molecular formula is C13H14F3NO2. The first-order chi connectivity index (χ1) is 8.80. The predicted molar refractivity (Wildman–Crippen MR) is 64.3 cm³/mol. The van der Waals surface area contributed by atoms with E-state index < -0.39 is 23.6 Å². The lowest BCUT2D eigenvalue weighted by atomic mass is 9.92. The number of fused-ring (bicyclic) bond motifs is 1. The van der Waals surface area contributed by atoms with Gasteiger partial charge in [0.1, 0.15) is 0 Å². The average molecular weight is 273 g/mol. The molecule has 1 aliphatic rings. The van der Waals surface area contributed by atoms with Crippen molar-refractivity contribution in [1.29, 1.82) is 0 Å². The molecule has 0 saturated heterocycles. The second kappa shape index (κ2) is 4.75. The van der Waals surface area contributed by atoms with Crippen LogP contribution in [0.25, 0.3) is 0 Å². The molecule has 1 N–H and O–H groups in total. The number of hydrogen-bond donors (Lipinski definition) is 1. The molecule has 0 amide bonds. The summed E-state index contributed by atoms with van der Waals surface area (Å²) in [5.41, 5.74) is 0.0213. The van der Waals surface area contributed by atoms with E-state index in [1.807, 2.05) is 0 Å². The third-order valence-electron chi connectivity index (χ3n) is 3.43. The van der Waals surface area contributed by atoms with Crippen molar-refractivity contribution in [3.05, 3.63) is 29.3 Å². The fraction of sp³-hybridized carbons (Fsp3) is 0.462. The molecule has 19 heavy (non-hydrogen) atoms. The molecular weight excluding hydrogens is 259 g/mol. The molecule has 1 heterocycles. The van der Waals surface area contributed by atoms with Crippen molar-refractivity contribution in [3.63, 3.8) is 0 Å². The first kappa shape index (κ1) is 13.7. The van der Waals surface area contributed by atoms with Crippen molar-refractivity contribution < 1.29 is 23.1 Å². The number of aliphatic carboxylic acids is 1. The standard InChI is InChI=1S/C13H14F3NO2/c1-17-6-2-3-9(12(18)19)10-7-8(13(14,15)16)4-5-11(10)17/h4-5,7,9H,2-3,6H2,1H3,(H,18,19). The maximum atomic E-state index is 12.7. The van der Waals surface area contributed by atoms with E-state index in [9.17, 15) is 23.1 Å². The van der Waals surface area contributed by atoms with Gasteiger partial charge in [-0.3, -0.25) is 4.79 Å². The molecule has 1 unspecified atom stereocenters. The van der Waals surface area contributed by atoms with E-state index in [1.165, 1.54) is 6.07 Å². The number of halogens is 3. The van der Waals surface area contributed by atoms with Crippen LogP contribution in [-0.2, 0) is 11.0 Å². The monoisotopic (exact) mass is 273 g/mol. The lowest BCUT2D eigenvalue weighted by molar-refractivity contribution is -0.140. The first-order valence-corrected chi connectivity index (χ1v) is 5.96. The summed E-state index contributed by atoms with van der Waals surface area (Å²) in [6.45, 7) is 0.641. The molecule has 1 aromatic rings. The number of alkyl halides is 3. The Morgan fingerprint density at radius 3 is 2.68 bits per heavy atom. The second-order valence-electron chi connectivity index (χ2n) is 4.73. The van der Waals surface area contributed by atoms with Crippen molar-refractivity contribution in [2.24, 2.45) is 0 Å². The number of carboxylic acid groups (broad SMARTS) is 1. The molecule has 0 spiro atoms. The molecule has 0 aliphatic carbocycles. The minimum Gasteiger partial charge on any atom is -0.481 e. The van der Waals surface area contributed by atoms with Gasteiger partial charge in [-0.15, -0.1) is 0 Å². The van der Waals surface area contributed by atoms with E-state index in [-0.39, 0.29) is 5.56 Å². The van der Waals surface area contributed by atoms with Gasteiger partial charge < -0.3 is 10.0 Å². The topological polar surface area (TPSA) is 40.5 Å². The van der Waals surface area contributed by atoms with Crippen molar-refractivity contribution >= 4 is 11.7 Å². The Bertz CT molecular complexity index is 499. The molecule has 1 aromatic carbocycles. The summed E-state index contributed by atoms with van der Waals surface area (Å²) >= 11 is 0. The third-order valence-corrected chi connectivity index (χ3v) is 3.43. The molecule has 0 saturated carbocycles. The van der Waals surface area contributed by atoms with Crippen LogP contribution in [0.3, 0.4) is 0 Å². The van der Waals surface area contributed by atoms with E-state index in [0.29, 0.717) is 25.1 Å². The van der Waals surface area contributed by atoms with Gasteiger partial charge >= 0.3 is 12.1 Å². The summed E-state index contributed by atoms with van der Waals surface area (Å²) in [7, 11) is 1.76. The Labute approximate surface area is 108 Å². The van der Waals surface area contributed by atoms with Gasteiger partial charge in [-0.05, 0) is 36.6 Å². The van der Waals surface area contributed by atoms with E-state index >= 15 is 0 Å². The summed E-state index contributed by atoms with van der Waals surface area (Å²) in [4.78, 5) is 13.0. The number of benzene rings is 1. The summed E-state index contributed by atoms with van der Waals surface area (Å²) in [6, 6.07) is 3.33. The number of carbonyl (C=O) groups is 1. The highest BCUT2D eigenvalue weighted by Gasteiger charge is 2.34. The zero-order chi connectivity index (χ0) is 14.2. The highest BCUT2D eigenvalue weighted by Crippen LogP contribution is 2.38. The maximum Gasteiger partial charge on any atom is 0.416 e. The average Bonchev–Trinajstić information content (AvgIpc) is 2.47. The quantitative estimate of drug-likeness (QED) is 0.854. The number of nitrogens with zero attached hydrogens (tertiary/aromatic N) is 1. The minimum atomic E-state index is -4.46. The van der Waals surface area contributed by atoms with Crippen LogP contribution in [0, 0.1) is 0 Å².